The van der Waals surface area contributed by atoms with Gasteiger partial charge in [0.1, 0.15) is 5.82 Å². The number of aromatic nitrogens is 2. The van der Waals surface area contributed by atoms with Crippen LogP contribution in [0.2, 0.25) is 10.0 Å². The highest BCUT2D eigenvalue weighted by Crippen LogP contribution is 2.44. The Kier molecular flexibility index (Phi) is 6.19. The summed E-state index contributed by atoms with van der Waals surface area (Å²) in [6.45, 7) is 0. The van der Waals surface area contributed by atoms with Crippen LogP contribution in [-0.2, 0) is 6.18 Å². The third-order valence-electron chi connectivity index (χ3n) is 5.23. The van der Waals surface area contributed by atoms with Crippen molar-refractivity contribution < 1.29 is 31.1 Å². The van der Waals surface area contributed by atoms with Gasteiger partial charge in [0.25, 0.3) is 5.91 Å². The van der Waals surface area contributed by atoms with Crippen LogP contribution in [0.25, 0.3) is 0 Å². The molecule has 2 aromatic carbocycles. The van der Waals surface area contributed by atoms with Crippen LogP contribution in [0.5, 0.6) is 0 Å². The van der Waals surface area contributed by atoms with E-state index in [-0.39, 0.29) is 10.8 Å². The maximum atomic E-state index is 13.8. The van der Waals surface area contributed by atoms with E-state index in [1.165, 1.54) is 12.1 Å². The molecule has 0 aliphatic carbocycles. The monoisotopic (exact) mass is 522 g/mol. The van der Waals surface area contributed by atoms with Gasteiger partial charge in [0.15, 0.2) is 11.7 Å². The van der Waals surface area contributed by atoms with Gasteiger partial charge >= 0.3 is 12.4 Å². The minimum Gasteiger partial charge on any atom is -0.363 e. The van der Waals surface area contributed by atoms with Gasteiger partial charge in [0, 0.05) is 22.5 Å². The van der Waals surface area contributed by atoms with E-state index in [1.807, 2.05) is 0 Å². The summed E-state index contributed by atoms with van der Waals surface area (Å²) in [6.07, 6.45) is -9.94. The highest BCUT2D eigenvalue weighted by Gasteiger charge is 2.47. The lowest BCUT2D eigenvalue weighted by molar-refractivity contribution is -0.173. The van der Waals surface area contributed by atoms with Crippen LogP contribution in [-0.4, -0.2) is 21.9 Å². The molecule has 180 valence electrons. The first kappa shape index (κ1) is 24.2. The van der Waals surface area contributed by atoms with Gasteiger partial charge in [-0.2, -0.15) is 31.4 Å². The number of hydrogen-bond acceptors (Lipinski definition) is 3. The maximum Gasteiger partial charge on any atom is 0.418 e. The van der Waals surface area contributed by atoms with Gasteiger partial charge in [-0.1, -0.05) is 35.3 Å². The fourth-order valence-corrected chi connectivity index (χ4v) is 3.94. The third kappa shape index (κ3) is 4.95. The number of fused-ring (bicyclic) bond motifs is 1. The van der Waals surface area contributed by atoms with Crippen molar-refractivity contribution in [3.05, 3.63) is 75.4 Å². The van der Waals surface area contributed by atoms with Crippen molar-refractivity contribution in [2.24, 2.45) is 0 Å². The van der Waals surface area contributed by atoms with Crippen LogP contribution in [0, 0.1) is 0 Å². The minimum atomic E-state index is -4.82. The summed E-state index contributed by atoms with van der Waals surface area (Å²) in [6, 6.07) is 7.18. The largest absolute Gasteiger partial charge is 0.418 e. The molecule has 1 aromatic heterocycles. The molecule has 2 heterocycles. The van der Waals surface area contributed by atoms with Crippen LogP contribution >= 0.6 is 23.2 Å². The first-order valence-corrected chi connectivity index (χ1v) is 10.4. The molecular formula is C21H14Cl2F6N4O. The van der Waals surface area contributed by atoms with Gasteiger partial charge in [-0.25, -0.2) is 4.68 Å². The quantitative estimate of drug-likeness (QED) is 0.360. The first-order chi connectivity index (χ1) is 15.8. The Bertz CT molecular complexity index is 1220. The predicted octanol–water partition coefficient (Wildman–Crippen LogP) is 7.12. The van der Waals surface area contributed by atoms with Gasteiger partial charge in [0.2, 0.25) is 0 Å². The number of carbonyl (C=O) groups excluding carboxylic acids is 1. The number of nitrogens with zero attached hydrogens (tertiary/aromatic N) is 2. The van der Waals surface area contributed by atoms with E-state index < -0.39 is 53.7 Å². The highest BCUT2D eigenvalue weighted by molar-refractivity contribution is 6.31. The highest BCUT2D eigenvalue weighted by atomic mass is 35.5. The molecule has 1 aliphatic rings. The molecule has 0 saturated carbocycles. The molecule has 1 aliphatic heterocycles. The number of anilines is 2. The summed E-state index contributed by atoms with van der Waals surface area (Å²) in [5.74, 6) is -1.22. The smallest absolute Gasteiger partial charge is 0.363 e. The zero-order chi connectivity index (χ0) is 24.8. The minimum absolute atomic E-state index is 0.106. The average Bonchev–Trinajstić information content (AvgIpc) is 3.17. The predicted molar refractivity (Wildman–Crippen MR) is 114 cm³/mol. The van der Waals surface area contributed by atoms with Crippen LogP contribution in [0.3, 0.4) is 0 Å². The van der Waals surface area contributed by atoms with Crippen LogP contribution < -0.4 is 10.6 Å². The number of halogens is 8. The van der Waals surface area contributed by atoms with Crippen molar-refractivity contribution in [2.45, 2.75) is 30.9 Å². The number of carbonyl (C=O) groups is 1. The molecule has 0 fully saturated rings. The molecule has 0 unspecified atom stereocenters. The summed E-state index contributed by atoms with van der Waals surface area (Å²) in [7, 11) is 0. The molecule has 0 saturated heterocycles. The standard InChI is InChI=1S/C21H14Cl2F6N4O/c22-11-3-1-10(2-4-11)15-8-17(21(27,28)29)33-18(30-15)9-16(32-33)19(34)31-14-6-5-12(23)7-13(14)20(24,25)26/h1-7,9,15,17,30H,8H2,(H,31,34)/t15-,17-/m0/s1. The van der Waals surface area contributed by atoms with Crippen molar-refractivity contribution in [3.63, 3.8) is 0 Å². The second-order valence-electron chi connectivity index (χ2n) is 7.54. The fraction of sp³-hybridized carbons (Fsp3) is 0.238. The van der Waals surface area contributed by atoms with E-state index in [0.717, 1.165) is 18.2 Å². The average molecular weight is 523 g/mol. The Balaban J connectivity index is 1.66. The number of nitrogens with one attached hydrogen (secondary N) is 2. The Hall–Kier alpha value is -2.92. The molecule has 5 nitrogen and oxygen atoms in total. The van der Waals surface area contributed by atoms with Gasteiger partial charge in [-0.15, -0.1) is 0 Å². The molecule has 0 radical (unpaired) electrons. The zero-order valence-corrected chi connectivity index (χ0v) is 18.3. The van der Waals surface area contributed by atoms with Crippen molar-refractivity contribution in [1.29, 1.82) is 0 Å². The Morgan fingerprint density at radius 3 is 2.26 bits per heavy atom. The Morgan fingerprint density at radius 2 is 1.65 bits per heavy atom. The lowest BCUT2D eigenvalue weighted by Gasteiger charge is -2.33. The van der Waals surface area contributed by atoms with Crippen molar-refractivity contribution in [2.75, 3.05) is 10.6 Å². The molecule has 1 amide bonds. The summed E-state index contributed by atoms with van der Waals surface area (Å²) < 4.78 is 81.9. The van der Waals surface area contributed by atoms with Gasteiger partial charge in [-0.05, 0) is 35.9 Å². The van der Waals surface area contributed by atoms with Crippen molar-refractivity contribution in [3.8, 4) is 0 Å². The third-order valence-corrected chi connectivity index (χ3v) is 5.72. The molecule has 3 aromatic rings. The number of amides is 1. The van der Waals surface area contributed by atoms with E-state index in [0.29, 0.717) is 21.3 Å². The number of rotatable bonds is 3. The van der Waals surface area contributed by atoms with Crippen molar-refractivity contribution in [1.82, 2.24) is 9.78 Å². The fourth-order valence-electron chi connectivity index (χ4n) is 3.64. The number of alkyl halides is 6. The first-order valence-electron chi connectivity index (χ1n) is 9.69. The molecular weight excluding hydrogens is 509 g/mol. The van der Waals surface area contributed by atoms with Gasteiger partial charge in [-0.3, -0.25) is 4.79 Å². The molecule has 2 N–H and O–H groups in total. The Labute approximate surface area is 198 Å². The van der Waals surface area contributed by atoms with E-state index in [4.69, 9.17) is 23.2 Å². The van der Waals surface area contributed by atoms with E-state index in [2.05, 4.69) is 15.7 Å². The second kappa shape index (κ2) is 8.70. The molecule has 0 spiro atoms. The molecule has 34 heavy (non-hydrogen) atoms. The topological polar surface area (TPSA) is 59.0 Å². The lowest BCUT2D eigenvalue weighted by atomic mass is 9.97. The normalized spacial score (nSPS) is 18.2. The summed E-state index contributed by atoms with van der Waals surface area (Å²) in [5, 5.41) is 8.90. The van der Waals surface area contributed by atoms with E-state index in [9.17, 15) is 31.1 Å². The van der Waals surface area contributed by atoms with E-state index in [1.54, 1.807) is 12.1 Å². The SMILES string of the molecule is O=C(Nc1ccc(Cl)cc1C(F)(F)F)c1cc2n(n1)[C@H](C(F)(F)F)C[C@@H](c1ccc(Cl)cc1)N2. The molecule has 4 rings (SSSR count). The lowest BCUT2D eigenvalue weighted by Crippen LogP contribution is -2.35. The van der Waals surface area contributed by atoms with Crippen LogP contribution in [0.1, 0.15) is 40.1 Å². The van der Waals surface area contributed by atoms with Gasteiger partial charge in [0.05, 0.1) is 17.3 Å². The zero-order valence-electron chi connectivity index (χ0n) is 16.8. The van der Waals surface area contributed by atoms with E-state index >= 15 is 0 Å². The summed E-state index contributed by atoms with van der Waals surface area (Å²) in [4.78, 5) is 12.6. The summed E-state index contributed by atoms with van der Waals surface area (Å²) in [5.41, 5.74) is -1.76. The van der Waals surface area contributed by atoms with Crippen LogP contribution in [0.4, 0.5) is 37.8 Å². The van der Waals surface area contributed by atoms with Crippen LogP contribution in [0.15, 0.2) is 48.5 Å². The van der Waals surface area contributed by atoms with Gasteiger partial charge < -0.3 is 10.6 Å². The molecule has 2 atom stereocenters. The second-order valence-corrected chi connectivity index (χ2v) is 8.42. The molecule has 0 bridgehead atoms. The number of benzene rings is 2. The maximum absolute atomic E-state index is 13.8. The summed E-state index contributed by atoms with van der Waals surface area (Å²) >= 11 is 11.5. The van der Waals surface area contributed by atoms with Crippen molar-refractivity contribution >= 4 is 40.6 Å². The molecule has 13 heteroatoms. The number of hydrogen-bond donors (Lipinski definition) is 2. The Morgan fingerprint density at radius 1 is 1.00 bits per heavy atom.